The Labute approximate surface area is 117 Å². The predicted octanol–water partition coefficient (Wildman–Crippen LogP) is 1.83. The molecule has 3 aliphatic heterocycles. The summed E-state index contributed by atoms with van der Waals surface area (Å²) in [4.78, 5) is 5.66. The van der Waals surface area contributed by atoms with E-state index in [0.717, 1.165) is 12.1 Å². The van der Waals surface area contributed by atoms with Gasteiger partial charge >= 0.3 is 0 Å². The first-order valence-electron chi connectivity index (χ1n) is 8.60. The second-order valence-electron chi connectivity index (χ2n) is 7.34. The largest absolute Gasteiger partial charge is 0.310 e. The van der Waals surface area contributed by atoms with Crippen molar-refractivity contribution < 1.29 is 0 Å². The zero-order chi connectivity index (χ0) is 12.7. The van der Waals surface area contributed by atoms with Gasteiger partial charge in [0.2, 0.25) is 0 Å². The standard InChI is InChI=1S/C16H29N3/c1-2-8-16(7-1)13-19(11-4-9-17-16)15-6-12-18-10-3-5-14(15)18/h14-15,17H,1-13H2. The average Bonchev–Trinajstić information content (AvgIpc) is 3.06. The molecule has 2 unspecified atom stereocenters. The first-order chi connectivity index (χ1) is 9.36. The second kappa shape index (κ2) is 5.01. The molecule has 1 spiro atoms. The Hall–Kier alpha value is -0.120. The summed E-state index contributed by atoms with van der Waals surface area (Å²) in [6.45, 7) is 6.66. The molecule has 2 atom stereocenters. The van der Waals surface area contributed by atoms with Crippen LogP contribution in [0.3, 0.4) is 0 Å². The summed E-state index contributed by atoms with van der Waals surface area (Å²) in [6.07, 6.45) is 11.4. The lowest BCUT2D eigenvalue weighted by molar-refractivity contribution is 0.131. The van der Waals surface area contributed by atoms with Crippen molar-refractivity contribution in [2.75, 3.05) is 32.7 Å². The maximum atomic E-state index is 3.91. The van der Waals surface area contributed by atoms with Crippen LogP contribution in [-0.4, -0.2) is 60.1 Å². The Morgan fingerprint density at radius 3 is 2.47 bits per heavy atom. The minimum atomic E-state index is 0.489. The lowest BCUT2D eigenvalue weighted by Crippen LogP contribution is -2.53. The summed E-state index contributed by atoms with van der Waals surface area (Å²) >= 11 is 0. The monoisotopic (exact) mass is 263 g/mol. The Morgan fingerprint density at radius 1 is 0.789 bits per heavy atom. The van der Waals surface area contributed by atoms with Crippen LogP contribution in [0.25, 0.3) is 0 Å². The van der Waals surface area contributed by atoms with Gasteiger partial charge in [0, 0.05) is 30.7 Å². The quantitative estimate of drug-likeness (QED) is 0.779. The van der Waals surface area contributed by atoms with Crippen molar-refractivity contribution in [2.45, 2.75) is 69.0 Å². The second-order valence-corrected chi connectivity index (χ2v) is 7.34. The van der Waals surface area contributed by atoms with Crippen LogP contribution < -0.4 is 5.32 Å². The topological polar surface area (TPSA) is 18.5 Å². The molecule has 4 fully saturated rings. The third-order valence-electron chi connectivity index (χ3n) is 6.23. The van der Waals surface area contributed by atoms with Gasteiger partial charge in [0.1, 0.15) is 0 Å². The van der Waals surface area contributed by atoms with Gasteiger partial charge in [0.25, 0.3) is 0 Å². The Kier molecular flexibility index (Phi) is 3.33. The average molecular weight is 263 g/mol. The SMILES string of the molecule is C1CC2C(N3CCCNC4(CCCC4)C3)CCN2C1. The summed E-state index contributed by atoms with van der Waals surface area (Å²) in [6, 6.07) is 1.77. The van der Waals surface area contributed by atoms with E-state index in [9.17, 15) is 0 Å². The van der Waals surface area contributed by atoms with E-state index in [0.29, 0.717) is 5.54 Å². The van der Waals surface area contributed by atoms with Crippen LogP contribution in [-0.2, 0) is 0 Å². The van der Waals surface area contributed by atoms with Gasteiger partial charge in [-0.1, -0.05) is 12.8 Å². The number of hydrogen-bond donors (Lipinski definition) is 1. The molecule has 0 bridgehead atoms. The van der Waals surface area contributed by atoms with Crippen molar-refractivity contribution in [1.29, 1.82) is 0 Å². The fraction of sp³-hybridized carbons (Fsp3) is 1.00. The Morgan fingerprint density at radius 2 is 1.58 bits per heavy atom. The molecule has 0 aromatic carbocycles. The number of fused-ring (bicyclic) bond motifs is 1. The highest BCUT2D eigenvalue weighted by Gasteiger charge is 2.44. The summed E-state index contributed by atoms with van der Waals surface area (Å²) in [5.41, 5.74) is 0.489. The molecule has 3 nitrogen and oxygen atoms in total. The predicted molar refractivity (Wildman–Crippen MR) is 78.4 cm³/mol. The lowest BCUT2D eigenvalue weighted by Gasteiger charge is -2.38. The molecule has 4 aliphatic rings. The van der Waals surface area contributed by atoms with Crippen molar-refractivity contribution in [3.8, 4) is 0 Å². The van der Waals surface area contributed by atoms with E-state index >= 15 is 0 Å². The van der Waals surface area contributed by atoms with E-state index in [4.69, 9.17) is 0 Å². The number of nitrogens with one attached hydrogen (secondary N) is 1. The Balaban J connectivity index is 1.50. The van der Waals surface area contributed by atoms with Gasteiger partial charge in [-0.15, -0.1) is 0 Å². The highest BCUT2D eigenvalue weighted by Crippen LogP contribution is 2.36. The Bertz CT molecular complexity index is 324. The molecule has 0 aromatic rings. The summed E-state index contributed by atoms with van der Waals surface area (Å²) in [5, 5.41) is 3.91. The third-order valence-corrected chi connectivity index (χ3v) is 6.23. The van der Waals surface area contributed by atoms with Crippen LogP contribution in [0.1, 0.15) is 51.4 Å². The normalized spacial score (nSPS) is 39.8. The van der Waals surface area contributed by atoms with Gasteiger partial charge in [-0.25, -0.2) is 0 Å². The number of nitrogens with zero attached hydrogens (tertiary/aromatic N) is 2. The minimum Gasteiger partial charge on any atom is -0.310 e. The zero-order valence-electron chi connectivity index (χ0n) is 12.2. The molecule has 4 rings (SSSR count). The lowest BCUT2D eigenvalue weighted by atomic mass is 9.95. The van der Waals surface area contributed by atoms with Gasteiger partial charge in [-0.3, -0.25) is 9.80 Å². The highest BCUT2D eigenvalue weighted by molar-refractivity contribution is 5.02. The van der Waals surface area contributed by atoms with Crippen molar-refractivity contribution in [1.82, 2.24) is 15.1 Å². The van der Waals surface area contributed by atoms with Crippen LogP contribution in [0.15, 0.2) is 0 Å². The van der Waals surface area contributed by atoms with Crippen LogP contribution in [0, 0.1) is 0 Å². The van der Waals surface area contributed by atoms with E-state index in [1.165, 1.54) is 84.1 Å². The summed E-state index contributed by atoms with van der Waals surface area (Å²) in [5.74, 6) is 0. The molecule has 1 saturated carbocycles. The molecule has 0 amide bonds. The van der Waals surface area contributed by atoms with Gasteiger partial charge in [-0.2, -0.15) is 0 Å². The maximum absolute atomic E-state index is 3.91. The van der Waals surface area contributed by atoms with Crippen molar-refractivity contribution in [2.24, 2.45) is 0 Å². The zero-order valence-corrected chi connectivity index (χ0v) is 12.2. The van der Waals surface area contributed by atoms with Crippen LogP contribution in [0.2, 0.25) is 0 Å². The summed E-state index contributed by atoms with van der Waals surface area (Å²) in [7, 11) is 0. The van der Waals surface area contributed by atoms with Crippen molar-refractivity contribution in [3.05, 3.63) is 0 Å². The van der Waals surface area contributed by atoms with Gasteiger partial charge in [0.15, 0.2) is 0 Å². The maximum Gasteiger partial charge on any atom is 0.0308 e. The van der Waals surface area contributed by atoms with E-state index in [1.807, 2.05) is 0 Å². The van der Waals surface area contributed by atoms with E-state index in [1.54, 1.807) is 0 Å². The van der Waals surface area contributed by atoms with Gasteiger partial charge in [0.05, 0.1) is 0 Å². The molecule has 1 aliphatic carbocycles. The molecule has 3 heterocycles. The van der Waals surface area contributed by atoms with Crippen molar-refractivity contribution in [3.63, 3.8) is 0 Å². The first-order valence-corrected chi connectivity index (χ1v) is 8.60. The fourth-order valence-electron chi connectivity index (χ4n) is 5.31. The fourth-order valence-corrected chi connectivity index (χ4v) is 5.31. The highest BCUT2D eigenvalue weighted by atomic mass is 15.3. The molecule has 1 N–H and O–H groups in total. The molecular formula is C16H29N3. The molecule has 0 radical (unpaired) electrons. The van der Waals surface area contributed by atoms with Gasteiger partial charge in [-0.05, 0) is 58.2 Å². The van der Waals surface area contributed by atoms with Crippen molar-refractivity contribution >= 4 is 0 Å². The molecule has 19 heavy (non-hydrogen) atoms. The molecule has 3 heteroatoms. The third kappa shape index (κ3) is 2.24. The van der Waals surface area contributed by atoms with Crippen LogP contribution in [0.4, 0.5) is 0 Å². The van der Waals surface area contributed by atoms with E-state index in [2.05, 4.69) is 15.1 Å². The molecule has 108 valence electrons. The first kappa shape index (κ1) is 12.6. The van der Waals surface area contributed by atoms with E-state index < -0.39 is 0 Å². The minimum absolute atomic E-state index is 0.489. The summed E-state index contributed by atoms with van der Waals surface area (Å²) < 4.78 is 0. The van der Waals surface area contributed by atoms with Gasteiger partial charge < -0.3 is 5.32 Å². The molecule has 3 saturated heterocycles. The smallest absolute Gasteiger partial charge is 0.0308 e. The van der Waals surface area contributed by atoms with Crippen LogP contribution in [0.5, 0.6) is 0 Å². The molecular weight excluding hydrogens is 234 g/mol. The molecule has 0 aromatic heterocycles. The number of hydrogen-bond acceptors (Lipinski definition) is 3. The van der Waals surface area contributed by atoms with Crippen LogP contribution >= 0.6 is 0 Å². The van der Waals surface area contributed by atoms with E-state index in [-0.39, 0.29) is 0 Å². The number of rotatable bonds is 1.